The molecule has 144 valence electrons. The summed E-state index contributed by atoms with van der Waals surface area (Å²) in [5.74, 6) is -1.23. The summed E-state index contributed by atoms with van der Waals surface area (Å²) in [5.41, 5.74) is 7.47. The third-order valence-corrected chi connectivity index (χ3v) is 4.57. The number of hydrogen-bond acceptors (Lipinski definition) is 4. The molecule has 0 radical (unpaired) electrons. The number of nitrogens with one attached hydrogen (secondary N) is 2. The van der Waals surface area contributed by atoms with Crippen molar-refractivity contribution in [1.82, 2.24) is 10.9 Å². The monoisotopic (exact) mass is 388 g/mol. The molecule has 0 unspecified atom stereocenters. The van der Waals surface area contributed by atoms with E-state index in [1.54, 1.807) is 30.3 Å². The predicted octanol–water partition coefficient (Wildman–Crippen LogP) is 2.92. The number of rotatable bonds is 4. The van der Waals surface area contributed by atoms with Gasteiger partial charge in [0.15, 0.2) is 0 Å². The first-order valence-electron chi connectivity index (χ1n) is 8.80. The van der Waals surface area contributed by atoms with E-state index in [4.69, 9.17) is 9.52 Å². The van der Waals surface area contributed by atoms with Crippen LogP contribution in [-0.2, 0) is 9.59 Å². The third-order valence-electron chi connectivity index (χ3n) is 4.57. The van der Waals surface area contributed by atoms with Gasteiger partial charge >= 0.3 is 5.97 Å². The van der Waals surface area contributed by atoms with Gasteiger partial charge in [-0.1, -0.05) is 42.0 Å². The third kappa shape index (κ3) is 3.41. The summed E-state index contributed by atoms with van der Waals surface area (Å²) in [7, 11) is 0. The van der Waals surface area contributed by atoms with Gasteiger partial charge in [-0.25, -0.2) is 4.79 Å². The van der Waals surface area contributed by atoms with Crippen LogP contribution in [0.1, 0.15) is 27.2 Å². The lowest BCUT2D eigenvalue weighted by molar-refractivity contribution is -0.117. The number of carbonyl (C=O) groups is 3. The van der Waals surface area contributed by atoms with Crippen LogP contribution in [0, 0.1) is 6.92 Å². The second kappa shape index (κ2) is 7.12. The van der Waals surface area contributed by atoms with Gasteiger partial charge in [0, 0.05) is 11.1 Å². The number of carbonyl (C=O) groups excluding carboxylic acids is 2. The van der Waals surface area contributed by atoms with Crippen molar-refractivity contribution >= 4 is 23.4 Å². The number of aromatic carboxylic acids is 1. The Bertz CT molecular complexity index is 1150. The Morgan fingerprint density at radius 2 is 1.59 bits per heavy atom. The molecule has 0 bridgehead atoms. The predicted molar refractivity (Wildman–Crippen MR) is 105 cm³/mol. The zero-order valence-electron chi connectivity index (χ0n) is 15.4. The van der Waals surface area contributed by atoms with Crippen molar-refractivity contribution in [3.63, 3.8) is 0 Å². The normalized spacial score (nSPS) is 13.2. The number of benzene rings is 2. The van der Waals surface area contributed by atoms with Crippen molar-refractivity contribution in [1.29, 1.82) is 0 Å². The van der Waals surface area contributed by atoms with Crippen LogP contribution in [0.25, 0.3) is 16.9 Å². The minimum absolute atomic E-state index is 0.0299. The highest BCUT2D eigenvalue weighted by atomic mass is 16.4. The number of carboxylic acids is 1. The summed E-state index contributed by atoms with van der Waals surface area (Å²) in [6.07, 6.45) is 0. The van der Waals surface area contributed by atoms with E-state index < -0.39 is 17.8 Å². The summed E-state index contributed by atoms with van der Waals surface area (Å²) in [6.45, 7) is 1.91. The largest absolute Gasteiger partial charge is 0.478 e. The highest BCUT2D eigenvalue weighted by molar-refractivity contribution is 6.28. The average molecular weight is 388 g/mol. The lowest BCUT2D eigenvalue weighted by atomic mass is 9.96. The topological polar surface area (TPSA) is 109 Å². The van der Waals surface area contributed by atoms with Gasteiger partial charge in [0.2, 0.25) is 0 Å². The first-order valence-corrected chi connectivity index (χ1v) is 8.80. The molecular weight excluding hydrogens is 372 g/mol. The number of amides is 2. The fraction of sp³-hybridized carbons (Fsp3) is 0.0455. The van der Waals surface area contributed by atoms with Gasteiger partial charge < -0.3 is 9.52 Å². The van der Waals surface area contributed by atoms with E-state index in [9.17, 15) is 14.4 Å². The highest BCUT2D eigenvalue weighted by Gasteiger charge is 2.32. The standard InChI is InChI=1S/C22H16N2O5/c1-12-3-2-4-15(11-12)18(19-20(25)23-24-21(19)26)17-10-9-16(29-17)13-5-7-14(8-6-13)22(27)28/h2-11H,1H3,(H,23,25)(H,24,26)(H,27,28). The first kappa shape index (κ1) is 18.2. The van der Waals surface area contributed by atoms with E-state index >= 15 is 0 Å². The van der Waals surface area contributed by atoms with E-state index in [0.29, 0.717) is 28.2 Å². The van der Waals surface area contributed by atoms with Crippen LogP contribution in [0.2, 0.25) is 0 Å². The molecule has 7 heteroatoms. The summed E-state index contributed by atoms with van der Waals surface area (Å²) in [5, 5.41) is 9.04. The molecule has 0 saturated carbocycles. The Hall–Kier alpha value is -4.13. The molecule has 3 aromatic rings. The fourth-order valence-electron chi connectivity index (χ4n) is 3.18. The van der Waals surface area contributed by atoms with Crippen molar-refractivity contribution in [2.24, 2.45) is 0 Å². The lowest BCUT2D eigenvalue weighted by Crippen LogP contribution is -2.28. The van der Waals surface area contributed by atoms with Crippen LogP contribution < -0.4 is 10.9 Å². The molecule has 7 nitrogen and oxygen atoms in total. The van der Waals surface area contributed by atoms with E-state index in [-0.39, 0.29) is 11.1 Å². The molecule has 1 aliphatic rings. The maximum Gasteiger partial charge on any atom is 0.335 e. The summed E-state index contributed by atoms with van der Waals surface area (Å²) >= 11 is 0. The Balaban J connectivity index is 1.83. The molecular formula is C22H16N2O5. The Morgan fingerprint density at radius 3 is 2.21 bits per heavy atom. The van der Waals surface area contributed by atoms with Crippen LogP contribution in [0.15, 0.2) is 70.7 Å². The quantitative estimate of drug-likeness (QED) is 0.470. The van der Waals surface area contributed by atoms with Crippen LogP contribution in [0.3, 0.4) is 0 Å². The zero-order valence-corrected chi connectivity index (χ0v) is 15.4. The maximum atomic E-state index is 12.3. The van der Waals surface area contributed by atoms with Crippen LogP contribution >= 0.6 is 0 Å². The van der Waals surface area contributed by atoms with Crippen molar-refractivity contribution in [3.05, 3.63) is 88.7 Å². The maximum absolute atomic E-state index is 12.3. The molecule has 3 N–H and O–H groups in total. The second-order valence-corrected chi connectivity index (χ2v) is 6.57. The van der Waals surface area contributed by atoms with Crippen molar-refractivity contribution < 1.29 is 23.9 Å². The summed E-state index contributed by atoms with van der Waals surface area (Å²) < 4.78 is 5.97. The second-order valence-electron chi connectivity index (χ2n) is 6.57. The number of hydrazine groups is 1. The Labute approximate surface area is 165 Å². The van der Waals surface area contributed by atoms with E-state index in [1.807, 2.05) is 25.1 Å². The first-order chi connectivity index (χ1) is 13.9. The molecule has 0 aliphatic carbocycles. The summed E-state index contributed by atoms with van der Waals surface area (Å²) in [4.78, 5) is 35.6. The van der Waals surface area contributed by atoms with Crippen molar-refractivity contribution in [3.8, 4) is 11.3 Å². The van der Waals surface area contributed by atoms with Crippen molar-refractivity contribution in [2.75, 3.05) is 0 Å². The molecule has 0 atom stereocenters. The average Bonchev–Trinajstić information content (AvgIpc) is 3.31. The smallest absolute Gasteiger partial charge is 0.335 e. The van der Waals surface area contributed by atoms with Gasteiger partial charge in [0.05, 0.1) is 5.56 Å². The molecule has 1 aromatic heterocycles. The number of furan rings is 1. The molecule has 1 fully saturated rings. The lowest BCUT2D eigenvalue weighted by Gasteiger charge is -2.08. The molecule has 2 heterocycles. The molecule has 29 heavy (non-hydrogen) atoms. The number of aryl methyl sites for hydroxylation is 1. The van der Waals surface area contributed by atoms with Crippen LogP contribution in [0.4, 0.5) is 0 Å². The van der Waals surface area contributed by atoms with Gasteiger partial charge in [0.25, 0.3) is 11.8 Å². The minimum Gasteiger partial charge on any atom is -0.478 e. The van der Waals surface area contributed by atoms with Gasteiger partial charge in [-0.3, -0.25) is 20.4 Å². The molecule has 1 aliphatic heterocycles. The van der Waals surface area contributed by atoms with Gasteiger partial charge in [-0.15, -0.1) is 0 Å². The molecule has 2 aromatic carbocycles. The van der Waals surface area contributed by atoms with E-state index in [1.165, 1.54) is 12.1 Å². The minimum atomic E-state index is -1.01. The molecule has 0 spiro atoms. The zero-order chi connectivity index (χ0) is 20.5. The summed E-state index contributed by atoms with van der Waals surface area (Å²) in [6, 6.07) is 17.1. The Kier molecular flexibility index (Phi) is 4.48. The number of hydrogen-bond donors (Lipinski definition) is 3. The molecule has 1 saturated heterocycles. The number of carboxylic acid groups (broad SMARTS) is 1. The molecule has 2 amide bonds. The fourth-order valence-corrected chi connectivity index (χ4v) is 3.18. The van der Waals surface area contributed by atoms with Gasteiger partial charge in [0.1, 0.15) is 17.1 Å². The SMILES string of the molecule is Cc1cccc(C(=C2C(=O)NNC2=O)c2ccc(-c3ccc(C(=O)O)cc3)o2)c1. The van der Waals surface area contributed by atoms with Crippen LogP contribution in [0.5, 0.6) is 0 Å². The van der Waals surface area contributed by atoms with Gasteiger partial charge in [-0.05, 0) is 36.8 Å². The van der Waals surface area contributed by atoms with E-state index in [0.717, 1.165) is 5.56 Å². The van der Waals surface area contributed by atoms with Crippen LogP contribution in [-0.4, -0.2) is 22.9 Å². The molecule has 4 rings (SSSR count). The Morgan fingerprint density at radius 1 is 0.897 bits per heavy atom. The van der Waals surface area contributed by atoms with Crippen molar-refractivity contribution in [2.45, 2.75) is 6.92 Å². The van der Waals surface area contributed by atoms with E-state index in [2.05, 4.69) is 10.9 Å². The van der Waals surface area contributed by atoms with Gasteiger partial charge in [-0.2, -0.15) is 0 Å². The highest BCUT2D eigenvalue weighted by Crippen LogP contribution is 2.33.